The summed E-state index contributed by atoms with van der Waals surface area (Å²) >= 11 is 4.90. The zero-order valence-electron chi connectivity index (χ0n) is 2.98. The molecule has 0 amide bonds. The summed E-state index contributed by atoms with van der Waals surface area (Å²) in [6.07, 6.45) is 0. The van der Waals surface area contributed by atoms with Crippen LogP contribution in [0.3, 0.4) is 0 Å². The lowest BCUT2D eigenvalue weighted by atomic mass is 10.6. The fraction of sp³-hybridized carbons (Fsp3) is 0.500. The molecule has 0 aliphatic heterocycles. The van der Waals surface area contributed by atoms with E-state index in [2.05, 4.69) is 12.7 Å². The predicted molar refractivity (Wildman–Crippen MR) is 22.6 cm³/mol. The zero-order chi connectivity index (χ0) is 4.99. The molecule has 2 nitrogen and oxygen atoms in total. The highest BCUT2D eigenvalue weighted by Crippen LogP contribution is 1.74. The third-order valence-electron chi connectivity index (χ3n) is 0.241. The zero-order valence-corrected chi connectivity index (χ0v) is 3.73. The normalized spacial score (nSPS) is 7.50. The summed E-state index contributed by atoms with van der Waals surface area (Å²) in [5, 5.41) is 0. The Bertz CT molecular complexity index is 49.5. The Kier molecular flexibility index (Phi) is 2.94. The fourth-order valence-corrected chi connectivity index (χ4v) is 0.0945. The SMILES string of the molecule is [B]OC(=O)CCl. The molecule has 0 aromatic heterocycles. The van der Waals surface area contributed by atoms with Crippen LogP contribution in [0.25, 0.3) is 0 Å². The van der Waals surface area contributed by atoms with Gasteiger partial charge in [-0.15, -0.1) is 11.6 Å². The first-order valence-corrected chi connectivity index (χ1v) is 1.80. The van der Waals surface area contributed by atoms with Crippen LogP contribution in [0.4, 0.5) is 0 Å². The van der Waals surface area contributed by atoms with Crippen LogP contribution in [0.15, 0.2) is 0 Å². The van der Waals surface area contributed by atoms with Gasteiger partial charge in [0.1, 0.15) is 5.88 Å². The van der Waals surface area contributed by atoms with Gasteiger partial charge in [0.05, 0.1) is 0 Å². The van der Waals surface area contributed by atoms with Gasteiger partial charge in [0, 0.05) is 0 Å². The summed E-state index contributed by atoms with van der Waals surface area (Å²) < 4.78 is 3.63. The van der Waals surface area contributed by atoms with Gasteiger partial charge >= 0.3 is 14.0 Å². The fourth-order valence-electron chi connectivity index (χ4n) is 0.0315. The maximum atomic E-state index is 9.70. The summed E-state index contributed by atoms with van der Waals surface area (Å²) in [7, 11) is 4.35. The van der Waals surface area contributed by atoms with Crippen LogP contribution in [0.2, 0.25) is 0 Å². The van der Waals surface area contributed by atoms with Gasteiger partial charge in [0.15, 0.2) is 0 Å². The maximum Gasteiger partial charge on any atom is 0.378 e. The summed E-state index contributed by atoms with van der Waals surface area (Å²) in [4.78, 5) is 9.70. The van der Waals surface area contributed by atoms with E-state index in [1.807, 2.05) is 0 Å². The van der Waals surface area contributed by atoms with E-state index in [1.165, 1.54) is 0 Å². The molecule has 0 atom stereocenters. The number of hydrogen-bond donors (Lipinski definition) is 0. The highest BCUT2D eigenvalue weighted by molar-refractivity contribution is 6.27. The van der Waals surface area contributed by atoms with Crippen molar-refractivity contribution < 1.29 is 9.45 Å². The molecule has 2 radical (unpaired) electrons. The van der Waals surface area contributed by atoms with E-state index in [4.69, 9.17) is 11.6 Å². The van der Waals surface area contributed by atoms with Gasteiger partial charge in [-0.3, -0.25) is 4.79 Å². The van der Waals surface area contributed by atoms with Gasteiger partial charge < -0.3 is 4.65 Å². The Labute approximate surface area is 41.9 Å². The minimum atomic E-state index is -0.614. The molecule has 0 aromatic rings. The molecule has 0 rings (SSSR count). The van der Waals surface area contributed by atoms with E-state index < -0.39 is 5.97 Å². The quantitative estimate of drug-likeness (QED) is 0.342. The first-order valence-electron chi connectivity index (χ1n) is 1.26. The third kappa shape index (κ3) is 2.09. The molecule has 0 unspecified atom stereocenters. The molecule has 0 aliphatic carbocycles. The maximum absolute atomic E-state index is 9.70. The van der Waals surface area contributed by atoms with E-state index in [1.54, 1.807) is 0 Å². The highest BCUT2D eigenvalue weighted by atomic mass is 35.5. The summed E-state index contributed by atoms with van der Waals surface area (Å²) in [5.41, 5.74) is 0. The predicted octanol–water partition coefficient (Wildman–Crippen LogP) is -0.148. The van der Waals surface area contributed by atoms with E-state index in [0.717, 1.165) is 0 Å². The van der Waals surface area contributed by atoms with E-state index in [9.17, 15) is 4.79 Å². The van der Waals surface area contributed by atoms with Crippen molar-refractivity contribution in [3.63, 3.8) is 0 Å². The van der Waals surface area contributed by atoms with Crippen LogP contribution in [-0.2, 0) is 9.45 Å². The largest absolute Gasteiger partial charge is 0.542 e. The molecule has 0 aliphatic rings. The van der Waals surface area contributed by atoms with Crippen LogP contribution < -0.4 is 0 Å². The van der Waals surface area contributed by atoms with Crippen molar-refractivity contribution in [3.8, 4) is 0 Å². The molecule has 4 heteroatoms. The Hall–Kier alpha value is -0.175. The number of rotatable bonds is 1. The molecule has 0 saturated heterocycles. The molecular formula is C2H2BClO2. The van der Waals surface area contributed by atoms with Crippen molar-refractivity contribution in [1.29, 1.82) is 0 Å². The molecule has 0 spiro atoms. The van der Waals surface area contributed by atoms with Crippen molar-refractivity contribution in [1.82, 2.24) is 0 Å². The molecule has 0 aromatic carbocycles. The molecule has 0 bridgehead atoms. The smallest absolute Gasteiger partial charge is 0.378 e. The van der Waals surface area contributed by atoms with Crippen LogP contribution >= 0.6 is 11.6 Å². The number of hydrogen-bond acceptors (Lipinski definition) is 2. The van der Waals surface area contributed by atoms with Crippen molar-refractivity contribution in [2.24, 2.45) is 0 Å². The van der Waals surface area contributed by atoms with E-state index in [0.29, 0.717) is 0 Å². The summed E-state index contributed by atoms with van der Waals surface area (Å²) in [5.74, 6) is -0.798. The molecular weight excluding hydrogens is 102 g/mol. The lowest BCUT2D eigenvalue weighted by Crippen LogP contribution is -2.00. The lowest BCUT2D eigenvalue weighted by molar-refractivity contribution is -0.131. The Morgan fingerprint density at radius 1 is 2.00 bits per heavy atom. The van der Waals surface area contributed by atoms with Gasteiger partial charge in [-0.2, -0.15) is 0 Å². The Balaban J connectivity index is 2.99. The van der Waals surface area contributed by atoms with Crippen LogP contribution in [0, 0.1) is 0 Å². The standard InChI is InChI=1S/C2H2BClO2/c3-6-2(5)1-4/h1H2. The van der Waals surface area contributed by atoms with E-state index in [-0.39, 0.29) is 5.88 Å². The molecule has 6 heavy (non-hydrogen) atoms. The van der Waals surface area contributed by atoms with Crippen molar-refractivity contribution in [2.75, 3.05) is 5.88 Å². The minimum absolute atomic E-state index is 0.184. The number of carbonyl (C=O) groups excluding carboxylic acids is 1. The second-order valence-corrected chi connectivity index (χ2v) is 0.891. The van der Waals surface area contributed by atoms with Crippen LogP contribution in [-0.4, -0.2) is 19.9 Å². The van der Waals surface area contributed by atoms with Crippen LogP contribution in [0.1, 0.15) is 0 Å². The van der Waals surface area contributed by atoms with Gasteiger partial charge in [-0.1, -0.05) is 0 Å². The number of halogens is 1. The van der Waals surface area contributed by atoms with Gasteiger partial charge in [-0.05, 0) is 0 Å². The molecule has 0 fully saturated rings. The third-order valence-corrected chi connectivity index (χ3v) is 0.459. The van der Waals surface area contributed by atoms with Gasteiger partial charge in [-0.25, -0.2) is 0 Å². The minimum Gasteiger partial charge on any atom is -0.542 e. The average molecular weight is 104 g/mol. The first kappa shape index (κ1) is 5.82. The second-order valence-electron chi connectivity index (χ2n) is 0.623. The summed E-state index contributed by atoms with van der Waals surface area (Å²) in [6.45, 7) is 0. The molecule has 0 N–H and O–H groups in total. The highest BCUT2D eigenvalue weighted by Gasteiger charge is 1.89. The number of carbonyl (C=O) groups is 1. The lowest BCUT2D eigenvalue weighted by Gasteiger charge is -1.86. The molecule has 0 saturated carbocycles. The van der Waals surface area contributed by atoms with Crippen molar-refractivity contribution >= 4 is 25.6 Å². The van der Waals surface area contributed by atoms with Crippen LogP contribution in [0.5, 0.6) is 0 Å². The van der Waals surface area contributed by atoms with Crippen molar-refractivity contribution in [3.05, 3.63) is 0 Å². The molecule has 32 valence electrons. The number of alkyl halides is 1. The van der Waals surface area contributed by atoms with Gasteiger partial charge in [0.25, 0.3) is 0 Å². The first-order chi connectivity index (χ1) is 2.81. The Morgan fingerprint density at radius 2 is 2.50 bits per heavy atom. The van der Waals surface area contributed by atoms with Gasteiger partial charge in [0.2, 0.25) is 0 Å². The topological polar surface area (TPSA) is 26.3 Å². The average Bonchev–Trinajstić information content (AvgIpc) is 1.65. The monoisotopic (exact) mass is 104 g/mol. The second kappa shape index (κ2) is 3.03. The molecule has 0 heterocycles. The summed E-state index contributed by atoms with van der Waals surface area (Å²) in [6, 6.07) is 0. The Morgan fingerprint density at radius 3 is 2.50 bits per heavy atom. The van der Waals surface area contributed by atoms with Crippen molar-refractivity contribution in [2.45, 2.75) is 0 Å². The van der Waals surface area contributed by atoms with E-state index >= 15 is 0 Å².